The average molecular weight is 409 g/mol. The summed E-state index contributed by atoms with van der Waals surface area (Å²) in [5.41, 5.74) is 1.26. The summed E-state index contributed by atoms with van der Waals surface area (Å²) in [5.74, 6) is 1.07. The van der Waals surface area contributed by atoms with Crippen molar-refractivity contribution in [1.29, 1.82) is 0 Å². The van der Waals surface area contributed by atoms with Gasteiger partial charge in [-0.25, -0.2) is 9.67 Å². The summed E-state index contributed by atoms with van der Waals surface area (Å²) in [6.45, 7) is 1.76. The van der Waals surface area contributed by atoms with Gasteiger partial charge < -0.3 is 5.32 Å². The van der Waals surface area contributed by atoms with E-state index in [2.05, 4.69) is 15.4 Å². The van der Waals surface area contributed by atoms with Crippen molar-refractivity contribution in [3.8, 4) is 5.69 Å². The van der Waals surface area contributed by atoms with Crippen LogP contribution in [0, 0.1) is 10.1 Å². The molecule has 1 saturated carbocycles. The Labute approximate surface area is 171 Å². The molecule has 8 nitrogen and oxygen atoms in total. The second-order valence-electron chi connectivity index (χ2n) is 6.83. The van der Waals surface area contributed by atoms with Crippen LogP contribution in [0.15, 0.2) is 59.8 Å². The second-order valence-corrected chi connectivity index (χ2v) is 8.14. The molecule has 1 aliphatic carbocycles. The van der Waals surface area contributed by atoms with Crippen LogP contribution in [0.5, 0.6) is 0 Å². The number of nitrogens with zero attached hydrogens (tertiary/aromatic N) is 4. The van der Waals surface area contributed by atoms with Crippen LogP contribution in [0.1, 0.15) is 31.5 Å². The molecule has 0 aliphatic heterocycles. The van der Waals surface area contributed by atoms with Gasteiger partial charge in [-0.3, -0.25) is 14.9 Å². The summed E-state index contributed by atoms with van der Waals surface area (Å²) < 4.78 is 1.85. The van der Waals surface area contributed by atoms with Crippen molar-refractivity contribution >= 4 is 29.0 Å². The maximum Gasteiger partial charge on any atom is 0.271 e. The number of nitrogens with one attached hydrogen (secondary N) is 1. The molecule has 1 fully saturated rings. The van der Waals surface area contributed by atoms with Crippen molar-refractivity contribution in [2.75, 3.05) is 5.32 Å². The number of rotatable bonds is 7. The van der Waals surface area contributed by atoms with Crippen molar-refractivity contribution in [3.63, 3.8) is 0 Å². The van der Waals surface area contributed by atoms with Gasteiger partial charge in [-0.2, -0.15) is 0 Å². The number of para-hydroxylation sites is 1. The van der Waals surface area contributed by atoms with Gasteiger partial charge in [-0.15, -0.1) is 5.10 Å². The van der Waals surface area contributed by atoms with Crippen molar-refractivity contribution in [1.82, 2.24) is 14.8 Å². The van der Waals surface area contributed by atoms with Crippen LogP contribution in [-0.4, -0.2) is 30.8 Å². The molecule has 1 aliphatic rings. The molecule has 9 heteroatoms. The smallest absolute Gasteiger partial charge is 0.271 e. The van der Waals surface area contributed by atoms with Crippen molar-refractivity contribution in [2.45, 2.75) is 36.1 Å². The van der Waals surface area contributed by atoms with E-state index in [4.69, 9.17) is 0 Å². The van der Waals surface area contributed by atoms with Gasteiger partial charge in [0.25, 0.3) is 5.69 Å². The van der Waals surface area contributed by atoms with Crippen LogP contribution in [0.2, 0.25) is 0 Å². The summed E-state index contributed by atoms with van der Waals surface area (Å²) in [6.07, 6.45) is 2.19. The second kappa shape index (κ2) is 8.04. The van der Waals surface area contributed by atoms with Crippen molar-refractivity contribution < 1.29 is 9.72 Å². The molecule has 2 aromatic carbocycles. The highest BCUT2D eigenvalue weighted by atomic mass is 32.2. The number of nitro groups is 1. The lowest BCUT2D eigenvalue weighted by atomic mass is 10.2. The quantitative estimate of drug-likeness (QED) is 0.357. The summed E-state index contributed by atoms with van der Waals surface area (Å²) >= 11 is 1.27. The standard InChI is InChI=1S/C20H19N5O3S/c1-13(19(26)21-15-6-5-9-17(12-15)25(27)28)29-20-22-18(14-10-11-14)24(23-20)16-7-3-2-4-8-16/h2-9,12-14H,10-11H2,1H3,(H,21,26). The first-order valence-electron chi connectivity index (χ1n) is 9.25. The number of non-ortho nitro benzene ring substituents is 1. The molecule has 1 aromatic heterocycles. The molecule has 3 aromatic rings. The molecule has 0 radical (unpaired) electrons. The molecule has 4 rings (SSSR count). The van der Waals surface area contributed by atoms with E-state index in [0.29, 0.717) is 16.8 Å². The van der Waals surface area contributed by atoms with E-state index in [0.717, 1.165) is 24.4 Å². The Morgan fingerprint density at radius 1 is 1.24 bits per heavy atom. The summed E-state index contributed by atoms with van der Waals surface area (Å²) in [7, 11) is 0. The minimum Gasteiger partial charge on any atom is -0.325 e. The van der Waals surface area contributed by atoms with Crippen LogP contribution in [-0.2, 0) is 4.79 Å². The molecule has 148 valence electrons. The number of carbonyl (C=O) groups is 1. The number of hydrogen-bond acceptors (Lipinski definition) is 6. The maximum absolute atomic E-state index is 12.5. The van der Waals surface area contributed by atoms with Gasteiger partial charge in [-0.1, -0.05) is 36.0 Å². The molecule has 1 unspecified atom stereocenters. The molecule has 0 bridgehead atoms. The lowest BCUT2D eigenvalue weighted by molar-refractivity contribution is -0.384. The van der Waals surface area contributed by atoms with E-state index in [-0.39, 0.29) is 11.6 Å². The number of thioether (sulfide) groups is 1. The molecule has 1 atom stereocenters. The fourth-order valence-corrected chi connectivity index (χ4v) is 3.63. The number of hydrogen-bond donors (Lipinski definition) is 1. The molecule has 1 N–H and O–H groups in total. The summed E-state index contributed by atoms with van der Waals surface area (Å²) in [5, 5.41) is 18.3. The topological polar surface area (TPSA) is 103 Å². The third kappa shape index (κ3) is 4.45. The fraction of sp³-hybridized carbons (Fsp3) is 0.250. The van der Waals surface area contributed by atoms with E-state index in [1.54, 1.807) is 13.0 Å². The molecule has 0 saturated heterocycles. The Kier molecular flexibility index (Phi) is 5.30. The van der Waals surface area contributed by atoms with E-state index in [9.17, 15) is 14.9 Å². The Morgan fingerprint density at radius 2 is 2.00 bits per heavy atom. The van der Waals surface area contributed by atoms with Gasteiger partial charge in [0, 0.05) is 23.7 Å². The fourth-order valence-electron chi connectivity index (χ4n) is 2.87. The highest BCUT2D eigenvalue weighted by molar-refractivity contribution is 8.00. The number of amides is 1. The van der Waals surface area contributed by atoms with E-state index >= 15 is 0 Å². The first-order valence-corrected chi connectivity index (χ1v) is 10.1. The summed E-state index contributed by atoms with van der Waals surface area (Å²) in [6, 6.07) is 15.7. The largest absolute Gasteiger partial charge is 0.325 e. The zero-order valence-electron chi connectivity index (χ0n) is 15.7. The molecular formula is C20H19N5O3S. The van der Waals surface area contributed by atoms with Crippen LogP contribution >= 0.6 is 11.8 Å². The minimum absolute atomic E-state index is 0.0690. The highest BCUT2D eigenvalue weighted by Gasteiger charge is 2.31. The first kappa shape index (κ1) is 19.1. The van der Waals surface area contributed by atoms with Gasteiger partial charge in [-0.05, 0) is 38.0 Å². The number of aromatic nitrogens is 3. The van der Waals surface area contributed by atoms with E-state index in [1.165, 1.54) is 30.0 Å². The third-order valence-electron chi connectivity index (χ3n) is 4.53. The van der Waals surface area contributed by atoms with Gasteiger partial charge in [0.05, 0.1) is 15.9 Å². The van der Waals surface area contributed by atoms with Crippen molar-refractivity contribution in [3.05, 3.63) is 70.5 Å². The Bertz CT molecular complexity index is 1050. The normalized spacial score (nSPS) is 14.4. The Balaban J connectivity index is 1.48. The van der Waals surface area contributed by atoms with Gasteiger partial charge in [0.1, 0.15) is 5.82 Å². The lowest BCUT2D eigenvalue weighted by Crippen LogP contribution is -2.22. The SMILES string of the molecule is CC(Sc1nc(C2CC2)n(-c2ccccc2)n1)C(=O)Nc1cccc([N+](=O)[O-])c1. The number of anilines is 1. The van der Waals surface area contributed by atoms with Crippen LogP contribution < -0.4 is 5.32 Å². The Morgan fingerprint density at radius 3 is 2.69 bits per heavy atom. The number of carbonyl (C=O) groups excluding carboxylic acids is 1. The van der Waals surface area contributed by atoms with Crippen LogP contribution in [0.3, 0.4) is 0 Å². The zero-order valence-corrected chi connectivity index (χ0v) is 16.5. The van der Waals surface area contributed by atoms with Crippen LogP contribution in [0.25, 0.3) is 5.69 Å². The van der Waals surface area contributed by atoms with Crippen LogP contribution in [0.4, 0.5) is 11.4 Å². The average Bonchev–Trinajstić information content (AvgIpc) is 3.49. The number of benzene rings is 2. The predicted molar refractivity (Wildman–Crippen MR) is 110 cm³/mol. The molecule has 0 spiro atoms. The monoisotopic (exact) mass is 409 g/mol. The van der Waals surface area contributed by atoms with E-state index < -0.39 is 10.2 Å². The van der Waals surface area contributed by atoms with Gasteiger partial charge >= 0.3 is 0 Å². The molecule has 1 amide bonds. The van der Waals surface area contributed by atoms with E-state index in [1.807, 2.05) is 35.0 Å². The van der Waals surface area contributed by atoms with Crippen molar-refractivity contribution in [2.24, 2.45) is 0 Å². The zero-order chi connectivity index (χ0) is 20.4. The maximum atomic E-state index is 12.5. The first-order chi connectivity index (χ1) is 14.0. The van der Waals surface area contributed by atoms with Gasteiger partial charge in [0.2, 0.25) is 11.1 Å². The van der Waals surface area contributed by atoms with Gasteiger partial charge in [0.15, 0.2) is 0 Å². The molecular weight excluding hydrogens is 390 g/mol. The minimum atomic E-state index is -0.493. The molecule has 29 heavy (non-hydrogen) atoms. The third-order valence-corrected chi connectivity index (χ3v) is 5.48. The predicted octanol–water partition coefficient (Wildman–Crippen LogP) is 4.17. The molecule has 1 heterocycles. The lowest BCUT2D eigenvalue weighted by Gasteiger charge is -2.10. The highest BCUT2D eigenvalue weighted by Crippen LogP contribution is 2.40. The number of nitro benzene ring substituents is 1. The Hall–Kier alpha value is -3.20. The summed E-state index contributed by atoms with van der Waals surface area (Å²) in [4.78, 5) is 27.6.